The third-order valence-electron chi connectivity index (χ3n) is 4.50. The number of fused-ring (bicyclic) bond motifs is 1. The molecule has 2 N–H and O–H groups in total. The molecule has 1 aliphatic carbocycles. The van der Waals surface area contributed by atoms with Crippen LogP contribution < -0.4 is 5.32 Å². The van der Waals surface area contributed by atoms with Crippen molar-refractivity contribution in [2.45, 2.75) is 43.4 Å². The van der Waals surface area contributed by atoms with Crippen LogP contribution in [0.2, 0.25) is 0 Å². The summed E-state index contributed by atoms with van der Waals surface area (Å²) in [7, 11) is -2.87. The van der Waals surface area contributed by atoms with Crippen LogP contribution in [0.15, 0.2) is 18.2 Å². The highest BCUT2D eigenvalue weighted by molar-refractivity contribution is 7.92. The van der Waals surface area contributed by atoms with Crippen molar-refractivity contribution in [1.82, 2.24) is 5.32 Å². The first-order valence-corrected chi connectivity index (χ1v) is 9.04. The van der Waals surface area contributed by atoms with Crippen molar-refractivity contribution in [2.75, 3.05) is 12.3 Å². The quantitative estimate of drug-likeness (QED) is 0.894. The van der Waals surface area contributed by atoms with Crippen molar-refractivity contribution in [3.8, 4) is 5.75 Å². The predicted octanol–water partition coefficient (Wildman–Crippen LogP) is 1.94. The lowest BCUT2D eigenvalue weighted by molar-refractivity contribution is 0.446. The molecular weight excluding hydrogens is 274 g/mol. The van der Waals surface area contributed by atoms with Gasteiger partial charge >= 0.3 is 0 Å². The Bertz CT molecular complexity index is 597. The molecule has 1 aromatic rings. The lowest BCUT2D eigenvalue weighted by Crippen LogP contribution is -2.34. The highest BCUT2D eigenvalue weighted by Gasteiger charge is 2.32. The molecule has 0 saturated carbocycles. The summed E-state index contributed by atoms with van der Waals surface area (Å²) in [6, 6.07) is 5.72. The SMILES string of the molecule is O=S1(=O)CCCC1CNC1CCCc2cc(O)ccc21. The van der Waals surface area contributed by atoms with Crippen LogP contribution in [-0.2, 0) is 16.3 Å². The van der Waals surface area contributed by atoms with E-state index in [9.17, 15) is 13.5 Å². The molecule has 2 atom stereocenters. The van der Waals surface area contributed by atoms with Gasteiger partial charge in [-0.1, -0.05) is 6.07 Å². The number of sulfone groups is 1. The molecule has 5 heteroatoms. The number of benzene rings is 1. The van der Waals surface area contributed by atoms with Crippen LogP contribution in [-0.4, -0.2) is 31.1 Å². The molecule has 1 saturated heterocycles. The number of phenols is 1. The van der Waals surface area contributed by atoms with Crippen molar-refractivity contribution >= 4 is 9.84 Å². The van der Waals surface area contributed by atoms with Crippen molar-refractivity contribution in [3.05, 3.63) is 29.3 Å². The van der Waals surface area contributed by atoms with Gasteiger partial charge in [-0.05, 0) is 55.4 Å². The Morgan fingerprint density at radius 2 is 2.10 bits per heavy atom. The molecule has 2 aliphatic rings. The Kier molecular flexibility index (Phi) is 3.73. The number of aromatic hydroxyl groups is 1. The van der Waals surface area contributed by atoms with E-state index < -0.39 is 9.84 Å². The molecule has 0 radical (unpaired) electrons. The smallest absolute Gasteiger partial charge is 0.154 e. The van der Waals surface area contributed by atoms with Gasteiger partial charge in [0.2, 0.25) is 0 Å². The van der Waals surface area contributed by atoms with E-state index in [1.165, 1.54) is 11.1 Å². The topological polar surface area (TPSA) is 66.4 Å². The first kappa shape index (κ1) is 13.9. The van der Waals surface area contributed by atoms with E-state index >= 15 is 0 Å². The van der Waals surface area contributed by atoms with Crippen LogP contribution >= 0.6 is 0 Å². The summed E-state index contributed by atoms with van der Waals surface area (Å²) in [5, 5.41) is 12.8. The molecule has 1 aromatic carbocycles. The normalized spacial score (nSPS) is 28.2. The maximum atomic E-state index is 11.9. The molecule has 1 heterocycles. The second-order valence-electron chi connectivity index (χ2n) is 5.87. The lowest BCUT2D eigenvalue weighted by Gasteiger charge is -2.27. The fraction of sp³-hybridized carbons (Fsp3) is 0.600. The molecule has 110 valence electrons. The fourth-order valence-corrected chi connectivity index (χ4v) is 5.15. The number of rotatable bonds is 3. The van der Waals surface area contributed by atoms with Gasteiger partial charge in [0, 0.05) is 12.6 Å². The Hall–Kier alpha value is -1.07. The Balaban J connectivity index is 1.71. The number of nitrogens with one attached hydrogen (secondary N) is 1. The van der Waals surface area contributed by atoms with E-state index in [-0.39, 0.29) is 11.3 Å². The second-order valence-corrected chi connectivity index (χ2v) is 8.27. The first-order chi connectivity index (χ1) is 9.56. The van der Waals surface area contributed by atoms with E-state index in [1.807, 2.05) is 12.1 Å². The summed E-state index contributed by atoms with van der Waals surface area (Å²) < 4.78 is 23.7. The average Bonchev–Trinajstić information content (AvgIpc) is 2.75. The molecule has 0 aromatic heterocycles. The van der Waals surface area contributed by atoms with Gasteiger partial charge in [0.05, 0.1) is 11.0 Å². The van der Waals surface area contributed by atoms with Gasteiger partial charge in [0.25, 0.3) is 0 Å². The summed E-state index contributed by atoms with van der Waals surface area (Å²) >= 11 is 0. The van der Waals surface area contributed by atoms with Crippen molar-refractivity contribution in [1.29, 1.82) is 0 Å². The van der Waals surface area contributed by atoms with E-state index in [2.05, 4.69) is 5.32 Å². The monoisotopic (exact) mass is 295 g/mol. The summed E-state index contributed by atoms with van der Waals surface area (Å²) in [4.78, 5) is 0. The summed E-state index contributed by atoms with van der Waals surface area (Å²) in [6.07, 6.45) is 4.67. The zero-order chi connectivity index (χ0) is 14.2. The first-order valence-electron chi connectivity index (χ1n) is 7.33. The molecule has 3 rings (SSSR count). The Morgan fingerprint density at radius 1 is 1.25 bits per heavy atom. The third-order valence-corrected chi connectivity index (χ3v) is 6.77. The molecule has 2 unspecified atom stereocenters. The summed E-state index contributed by atoms with van der Waals surface area (Å²) in [5.41, 5.74) is 2.40. The fourth-order valence-electron chi connectivity index (χ4n) is 3.37. The van der Waals surface area contributed by atoms with Crippen LogP contribution in [0, 0.1) is 0 Å². The largest absolute Gasteiger partial charge is 0.508 e. The van der Waals surface area contributed by atoms with Gasteiger partial charge in [-0.15, -0.1) is 0 Å². The highest BCUT2D eigenvalue weighted by atomic mass is 32.2. The number of phenolic OH excluding ortho intramolecular Hbond substituents is 1. The van der Waals surface area contributed by atoms with Crippen molar-refractivity contribution < 1.29 is 13.5 Å². The lowest BCUT2D eigenvalue weighted by atomic mass is 9.87. The van der Waals surface area contributed by atoms with Crippen molar-refractivity contribution in [3.63, 3.8) is 0 Å². The standard InChI is InChI=1S/C15H21NO3S/c17-12-6-7-14-11(9-12)3-1-5-15(14)16-10-13-4-2-8-20(13,18)19/h6-7,9,13,15-17H,1-5,8,10H2. The summed E-state index contributed by atoms with van der Waals surface area (Å²) in [6.45, 7) is 0.549. The van der Waals surface area contributed by atoms with Gasteiger partial charge < -0.3 is 10.4 Å². The Labute approximate surface area is 120 Å². The Morgan fingerprint density at radius 3 is 2.85 bits per heavy atom. The van der Waals surface area contributed by atoms with Gasteiger partial charge in [-0.2, -0.15) is 0 Å². The molecule has 0 bridgehead atoms. The highest BCUT2D eigenvalue weighted by Crippen LogP contribution is 2.32. The van der Waals surface area contributed by atoms with Crippen LogP contribution in [0.25, 0.3) is 0 Å². The maximum absolute atomic E-state index is 11.9. The van der Waals surface area contributed by atoms with Gasteiger partial charge in [-0.3, -0.25) is 0 Å². The van der Waals surface area contributed by atoms with Crippen LogP contribution in [0.5, 0.6) is 5.75 Å². The van der Waals surface area contributed by atoms with Crippen LogP contribution in [0.4, 0.5) is 0 Å². The van der Waals surface area contributed by atoms with Crippen molar-refractivity contribution in [2.24, 2.45) is 0 Å². The molecule has 0 amide bonds. The number of aryl methyl sites for hydroxylation is 1. The van der Waals surface area contributed by atoms with Crippen LogP contribution in [0.1, 0.15) is 42.9 Å². The zero-order valence-corrected chi connectivity index (χ0v) is 12.3. The van der Waals surface area contributed by atoms with Gasteiger partial charge in [0.15, 0.2) is 9.84 Å². The number of hydrogen-bond acceptors (Lipinski definition) is 4. The predicted molar refractivity (Wildman–Crippen MR) is 78.6 cm³/mol. The maximum Gasteiger partial charge on any atom is 0.154 e. The molecule has 1 fully saturated rings. The van der Waals surface area contributed by atoms with Gasteiger partial charge in [-0.25, -0.2) is 8.42 Å². The molecule has 20 heavy (non-hydrogen) atoms. The minimum atomic E-state index is -2.87. The van der Waals surface area contributed by atoms with E-state index in [0.717, 1.165) is 32.1 Å². The van der Waals surface area contributed by atoms with E-state index in [0.29, 0.717) is 18.0 Å². The second kappa shape index (κ2) is 5.37. The zero-order valence-electron chi connectivity index (χ0n) is 11.5. The minimum Gasteiger partial charge on any atom is -0.508 e. The molecule has 1 aliphatic heterocycles. The van der Waals surface area contributed by atoms with E-state index in [4.69, 9.17) is 0 Å². The molecular formula is C15H21NO3S. The average molecular weight is 295 g/mol. The number of hydrogen-bond donors (Lipinski definition) is 2. The van der Waals surface area contributed by atoms with Crippen LogP contribution in [0.3, 0.4) is 0 Å². The summed E-state index contributed by atoms with van der Waals surface area (Å²) in [5.74, 6) is 0.650. The molecule has 0 spiro atoms. The van der Waals surface area contributed by atoms with E-state index in [1.54, 1.807) is 6.07 Å². The van der Waals surface area contributed by atoms with Gasteiger partial charge in [0.1, 0.15) is 5.75 Å². The minimum absolute atomic E-state index is 0.218. The molecule has 4 nitrogen and oxygen atoms in total. The third kappa shape index (κ3) is 2.69.